The zero-order chi connectivity index (χ0) is 17.9. The number of fused-ring (bicyclic) bond motifs is 1. The summed E-state index contributed by atoms with van der Waals surface area (Å²) in [4.78, 5) is 21.1. The van der Waals surface area contributed by atoms with Crippen molar-refractivity contribution in [2.24, 2.45) is 0 Å². The van der Waals surface area contributed by atoms with Crippen LogP contribution in [0.4, 0.5) is 23.5 Å². The molecule has 5 N–H and O–H groups in total. The van der Waals surface area contributed by atoms with E-state index in [0.29, 0.717) is 4.57 Å². The lowest BCUT2D eigenvalue weighted by atomic mass is 9.95. The third-order valence-corrected chi connectivity index (χ3v) is 3.85. The molecule has 2 aromatic heterocycles. The first kappa shape index (κ1) is 16.6. The molecule has 3 unspecified atom stereocenters. The highest BCUT2D eigenvalue weighted by atomic mass is 19.3. The molecule has 24 heavy (non-hydrogen) atoms. The number of nitrogens with zero attached hydrogens (tertiary/aromatic N) is 3. The fourth-order valence-electron chi connectivity index (χ4n) is 2.53. The van der Waals surface area contributed by atoms with Crippen molar-refractivity contribution in [3.05, 3.63) is 16.7 Å². The summed E-state index contributed by atoms with van der Waals surface area (Å²) in [5, 5.41) is 18.8. The molecular weight excluding hydrogens is 342 g/mol. The summed E-state index contributed by atoms with van der Waals surface area (Å²) in [5.74, 6) is -4.86. The first-order chi connectivity index (χ1) is 11.2. The second kappa shape index (κ2) is 5.12. The molecule has 0 aliphatic carbocycles. The molecule has 132 valence electrons. The van der Waals surface area contributed by atoms with E-state index in [4.69, 9.17) is 10.8 Å². The first-order valence-electron chi connectivity index (χ1n) is 6.50. The molecule has 0 amide bonds. The van der Waals surface area contributed by atoms with E-state index in [0.717, 1.165) is 6.33 Å². The quantitative estimate of drug-likeness (QED) is 0.531. The van der Waals surface area contributed by atoms with Gasteiger partial charge in [-0.25, -0.2) is 13.8 Å². The number of H-pyrrole nitrogens is 1. The molecule has 0 radical (unpaired) electrons. The zero-order valence-corrected chi connectivity index (χ0v) is 11.7. The van der Waals surface area contributed by atoms with E-state index in [1.807, 2.05) is 0 Å². The number of rotatable bonds is 3. The average Bonchev–Trinajstić information content (AvgIpc) is 2.98. The number of aromatic amines is 1. The van der Waals surface area contributed by atoms with Gasteiger partial charge in [0.25, 0.3) is 12.0 Å². The van der Waals surface area contributed by atoms with Gasteiger partial charge >= 0.3 is 5.92 Å². The molecule has 3 atom stereocenters. The monoisotopic (exact) mass is 353 g/mol. The Bertz CT molecular complexity index is 839. The Morgan fingerprint density at radius 2 is 2.17 bits per heavy atom. The van der Waals surface area contributed by atoms with Gasteiger partial charge in [-0.2, -0.15) is 13.8 Å². The zero-order valence-electron chi connectivity index (χ0n) is 11.7. The van der Waals surface area contributed by atoms with E-state index in [2.05, 4.69) is 19.7 Å². The molecule has 0 saturated carbocycles. The van der Waals surface area contributed by atoms with Crippen molar-refractivity contribution in [3.8, 4) is 0 Å². The third-order valence-electron chi connectivity index (χ3n) is 3.85. The number of nitrogen functional groups attached to an aromatic ring is 1. The van der Waals surface area contributed by atoms with Gasteiger partial charge < -0.3 is 20.7 Å². The number of anilines is 1. The SMILES string of the molecule is Nc1nc2c(ncn2C2OC(CO)(C(F)F)C(F)(F)C2O)c(=O)[nH]1. The normalized spacial score (nSPS) is 29.6. The summed E-state index contributed by atoms with van der Waals surface area (Å²) in [5.41, 5.74) is 0.278. The van der Waals surface area contributed by atoms with Crippen LogP contribution in [-0.2, 0) is 4.74 Å². The van der Waals surface area contributed by atoms with Gasteiger partial charge in [-0.05, 0) is 0 Å². The van der Waals surface area contributed by atoms with E-state index in [-0.39, 0.29) is 17.1 Å². The number of imidazole rings is 1. The number of nitrogens with one attached hydrogen (secondary N) is 1. The van der Waals surface area contributed by atoms with Crippen LogP contribution in [0.5, 0.6) is 0 Å². The van der Waals surface area contributed by atoms with Crippen LogP contribution in [-0.4, -0.2) is 60.4 Å². The maximum atomic E-state index is 14.1. The summed E-state index contributed by atoms with van der Waals surface area (Å²) in [7, 11) is 0. The summed E-state index contributed by atoms with van der Waals surface area (Å²) in [6.45, 7) is -1.74. The minimum absolute atomic E-state index is 0.318. The molecule has 13 heteroatoms. The van der Waals surface area contributed by atoms with Crippen LogP contribution in [0, 0.1) is 0 Å². The number of ether oxygens (including phenoxy) is 1. The average molecular weight is 353 g/mol. The van der Waals surface area contributed by atoms with Crippen LogP contribution in [0.2, 0.25) is 0 Å². The summed E-state index contributed by atoms with van der Waals surface area (Å²) < 4.78 is 59.9. The molecule has 3 heterocycles. The Hall–Kier alpha value is -2.25. The van der Waals surface area contributed by atoms with Crippen LogP contribution < -0.4 is 11.3 Å². The maximum absolute atomic E-state index is 14.1. The van der Waals surface area contributed by atoms with E-state index in [1.165, 1.54) is 0 Å². The van der Waals surface area contributed by atoms with Gasteiger partial charge in [-0.3, -0.25) is 14.3 Å². The van der Waals surface area contributed by atoms with Crippen molar-refractivity contribution in [2.45, 2.75) is 30.3 Å². The van der Waals surface area contributed by atoms with Crippen LogP contribution in [0.1, 0.15) is 6.23 Å². The van der Waals surface area contributed by atoms with Gasteiger partial charge in [-0.1, -0.05) is 0 Å². The Kier molecular flexibility index (Phi) is 3.54. The van der Waals surface area contributed by atoms with Gasteiger partial charge in [0.15, 0.2) is 23.5 Å². The van der Waals surface area contributed by atoms with Crippen molar-refractivity contribution in [1.29, 1.82) is 0 Å². The predicted octanol–water partition coefficient (Wildman–Crippen LogP) is -0.777. The molecule has 0 spiro atoms. The number of hydrogen-bond donors (Lipinski definition) is 4. The Labute approximate surface area is 129 Å². The van der Waals surface area contributed by atoms with E-state index < -0.39 is 42.4 Å². The summed E-state index contributed by atoms with van der Waals surface area (Å²) in [6, 6.07) is 0. The number of aliphatic hydroxyl groups excluding tert-OH is 2. The number of alkyl halides is 4. The molecule has 9 nitrogen and oxygen atoms in total. The van der Waals surface area contributed by atoms with Gasteiger partial charge in [0.2, 0.25) is 11.5 Å². The lowest BCUT2D eigenvalue weighted by molar-refractivity contribution is -0.244. The lowest BCUT2D eigenvalue weighted by Gasteiger charge is -2.31. The number of aliphatic hydroxyl groups is 2. The second-order valence-electron chi connectivity index (χ2n) is 5.20. The maximum Gasteiger partial charge on any atom is 0.314 e. The van der Waals surface area contributed by atoms with Gasteiger partial charge in [0.05, 0.1) is 12.9 Å². The van der Waals surface area contributed by atoms with Crippen molar-refractivity contribution in [2.75, 3.05) is 12.3 Å². The Morgan fingerprint density at radius 3 is 2.71 bits per heavy atom. The Balaban J connectivity index is 2.16. The van der Waals surface area contributed by atoms with E-state index >= 15 is 0 Å². The number of aromatic nitrogens is 4. The highest BCUT2D eigenvalue weighted by Gasteiger charge is 2.73. The van der Waals surface area contributed by atoms with Crippen molar-refractivity contribution in [3.63, 3.8) is 0 Å². The second-order valence-corrected chi connectivity index (χ2v) is 5.20. The minimum atomic E-state index is -4.48. The van der Waals surface area contributed by atoms with Crippen LogP contribution in [0.3, 0.4) is 0 Å². The van der Waals surface area contributed by atoms with Gasteiger partial charge in [0.1, 0.15) is 0 Å². The molecule has 1 fully saturated rings. The van der Waals surface area contributed by atoms with Crippen LogP contribution in [0.25, 0.3) is 11.2 Å². The molecule has 1 saturated heterocycles. The molecule has 2 aromatic rings. The molecular formula is C11H11F4N5O4. The summed E-state index contributed by atoms with van der Waals surface area (Å²) >= 11 is 0. The highest BCUT2D eigenvalue weighted by molar-refractivity contribution is 5.70. The van der Waals surface area contributed by atoms with Crippen LogP contribution >= 0.6 is 0 Å². The van der Waals surface area contributed by atoms with Crippen LogP contribution in [0.15, 0.2) is 11.1 Å². The molecule has 1 aliphatic rings. The standard InChI is InChI=1S/C11H11F4N5O4/c12-8(13)10(1-21)11(14,15)4(22)7(24-10)20-2-17-3-5(20)18-9(16)19-6(3)23/h2,4,7-8,21-22H,1H2,(H3,16,18,19,23). The number of halogens is 4. The van der Waals surface area contributed by atoms with Gasteiger partial charge in [-0.15, -0.1) is 0 Å². The molecule has 1 aliphatic heterocycles. The predicted molar refractivity (Wildman–Crippen MR) is 69.5 cm³/mol. The number of nitrogens with two attached hydrogens (primary N) is 1. The summed E-state index contributed by atoms with van der Waals surface area (Å²) in [6.07, 6.45) is -7.80. The van der Waals surface area contributed by atoms with E-state index in [9.17, 15) is 27.5 Å². The third kappa shape index (κ3) is 1.94. The fraction of sp³-hybridized carbons (Fsp3) is 0.545. The van der Waals surface area contributed by atoms with Crippen molar-refractivity contribution >= 4 is 17.1 Å². The van der Waals surface area contributed by atoms with Crippen molar-refractivity contribution < 1.29 is 32.5 Å². The highest BCUT2D eigenvalue weighted by Crippen LogP contribution is 2.51. The molecule has 0 aromatic carbocycles. The minimum Gasteiger partial charge on any atom is -0.393 e. The first-order valence-corrected chi connectivity index (χ1v) is 6.50. The Morgan fingerprint density at radius 1 is 1.50 bits per heavy atom. The smallest absolute Gasteiger partial charge is 0.314 e. The largest absolute Gasteiger partial charge is 0.393 e. The van der Waals surface area contributed by atoms with E-state index in [1.54, 1.807) is 0 Å². The fourth-order valence-corrected chi connectivity index (χ4v) is 2.53. The lowest BCUT2D eigenvalue weighted by Crippen LogP contribution is -2.57. The van der Waals surface area contributed by atoms with Crippen molar-refractivity contribution in [1.82, 2.24) is 19.5 Å². The molecule has 3 rings (SSSR count). The number of hydrogen-bond acceptors (Lipinski definition) is 7. The molecule has 0 bridgehead atoms. The topological polar surface area (TPSA) is 139 Å². The van der Waals surface area contributed by atoms with Gasteiger partial charge in [0, 0.05) is 0 Å².